The molecule has 0 saturated heterocycles. The number of rotatable bonds is 7. The summed E-state index contributed by atoms with van der Waals surface area (Å²) in [6.07, 6.45) is 0.808. The highest BCUT2D eigenvalue weighted by Crippen LogP contribution is 2.17. The fourth-order valence-corrected chi connectivity index (χ4v) is 2.79. The first-order chi connectivity index (χ1) is 12.8. The third kappa shape index (κ3) is 6.45. The van der Waals surface area contributed by atoms with Gasteiger partial charge in [-0.15, -0.1) is 0 Å². The smallest absolute Gasteiger partial charge is 0.255 e. The Bertz CT molecular complexity index is 979. The molecule has 2 aromatic rings. The molecule has 0 radical (unpaired) electrons. The van der Waals surface area contributed by atoms with E-state index in [0.29, 0.717) is 22.5 Å². The van der Waals surface area contributed by atoms with Gasteiger partial charge in [0.1, 0.15) is 6.42 Å². The topological polar surface area (TPSA) is 128 Å². The van der Waals surface area contributed by atoms with E-state index in [2.05, 4.69) is 15.4 Å². The summed E-state index contributed by atoms with van der Waals surface area (Å²) < 4.78 is 24.7. The van der Waals surface area contributed by atoms with Gasteiger partial charge in [-0.25, -0.2) is 8.42 Å². The fourth-order valence-electron chi connectivity index (χ4n) is 2.22. The second kappa shape index (κ2) is 8.82. The first-order valence-corrected chi connectivity index (χ1v) is 9.78. The monoisotopic (exact) mass is 386 g/mol. The number of sulfonamides is 1. The molecule has 2 amide bonds. The quantitative estimate of drug-likeness (QED) is 0.669. The molecule has 3 N–H and O–H groups in total. The number of hydrogen-bond acceptors (Lipinski definition) is 5. The average Bonchev–Trinajstić information content (AvgIpc) is 2.60. The van der Waals surface area contributed by atoms with Gasteiger partial charge >= 0.3 is 0 Å². The summed E-state index contributed by atoms with van der Waals surface area (Å²) in [7, 11) is -3.39. The van der Waals surface area contributed by atoms with Gasteiger partial charge in [0.15, 0.2) is 0 Å². The fraction of sp³-hybridized carbons (Fsp3) is 0.167. The predicted octanol–water partition coefficient (Wildman–Crippen LogP) is 1.84. The zero-order valence-corrected chi connectivity index (χ0v) is 15.3. The number of nitrogens with zero attached hydrogens (tertiary/aromatic N) is 1. The SMILES string of the molecule is CS(=O)(=O)Nc1ccc(C(=O)Nc2ccccc2CNC(=O)CC#N)cc1. The van der Waals surface area contributed by atoms with Gasteiger partial charge in [-0.1, -0.05) is 18.2 Å². The highest BCUT2D eigenvalue weighted by molar-refractivity contribution is 7.92. The second-order valence-corrected chi connectivity index (χ2v) is 7.42. The van der Waals surface area contributed by atoms with E-state index < -0.39 is 15.9 Å². The number of amides is 2. The predicted molar refractivity (Wildman–Crippen MR) is 101 cm³/mol. The lowest BCUT2D eigenvalue weighted by Crippen LogP contribution is -2.23. The maximum atomic E-state index is 12.4. The van der Waals surface area contributed by atoms with Crippen LogP contribution in [0.5, 0.6) is 0 Å². The number of hydrogen-bond donors (Lipinski definition) is 3. The van der Waals surface area contributed by atoms with Crippen molar-refractivity contribution in [2.75, 3.05) is 16.3 Å². The zero-order valence-electron chi connectivity index (χ0n) is 14.5. The Kier molecular flexibility index (Phi) is 6.51. The minimum absolute atomic E-state index is 0.175. The van der Waals surface area contributed by atoms with Gasteiger partial charge in [-0.05, 0) is 35.9 Å². The highest BCUT2D eigenvalue weighted by atomic mass is 32.2. The number of nitriles is 1. The van der Waals surface area contributed by atoms with Crippen LogP contribution in [0.15, 0.2) is 48.5 Å². The van der Waals surface area contributed by atoms with Crippen molar-refractivity contribution in [2.24, 2.45) is 0 Å². The number of nitrogens with one attached hydrogen (secondary N) is 3. The van der Waals surface area contributed by atoms with Gasteiger partial charge in [0.25, 0.3) is 5.91 Å². The lowest BCUT2D eigenvalue weighted by Gasteiger charge is -2.12. The molecule has 9 heteroatoms. The Balaban J connectivity index is 2.07. The van der Waals surface area contributed by atoms with Crippen LogP contribution in [-0.4, -0.2) is 26.5 Å². The van der Waals surface area contributed by atoms with Crippen molar-refractivity contribution in [1.29, 1.82) is 5.26 Å². The molecule has 2 aromatic carbocycles. The minimum Gasteiger partial charge on any atom is -0.351 e. The Labute approximate surface area is 157 Å². The van der Waals surface area contributed by atoms with Crippen molar-refractivity contribution in [1.82, 2.24) is 5.32 Å². The molecule has 140 valence electrons. The van der Waals surface area contributed by atoms with Crippen LogP contribution in [0.3, 0.4) is 0 Å². The number of benzene rings is 2. The van der Waals surface area contributed by atoms with E-state index in [1.165, 1.54) is 24.3 Å². The molecule has 2 rings (SSSR count). The normalized spacial score (nSPS) is 10.5. The molecule has 0 aliphatic rings. The maximum absolute atomic E-state index is 12.4. The Morgan fingerprint density at radius 3 is 2.37 bits per heavy atom. The molecule has 27 heavy (non-hydrogen) atoms. The molecule has 0 spiro atoms. The van der Waals surface area contributed by atoms with Crippen LogP contribution in [-0.2, 0) is 21.4 Å². The van der Waals surface area contributed by atoms with Crippen molar-refractivity contribution < 1.29 is 18.0 Å². The van der Waals surface area contributed by atoms with Gasteiger partial charge in [-0.3, -0.25) is 14.3 Å². The van der Waals surface area contributed by atoms with Crippen LogP contribution in [0.25, 0.3) is 0 Å². The molecular formula is C18H18N4O4S. The van der Waals surface area contributed by atoms with E-state index in [-0.39, 0.29) is 18.9 Å². The Hall–Kier alpha value is -3.38. The molecule has 8 nitrogen and oxygen atoms in total. The second-order valence-electron chi connectivity index (χ2n) is 5.67. The molecular weight excluding hydrogens is 368 g/mol. The maximum Gasteiger partial charge on any atom is 0.255 e. The van der Waals surface area contributed by atoms with Gasteiger partial charge in [0.2, 0.25) is 15.9 Å². The minimum atomic E-state index is -3.39. The van der Waals surface area contributed by atoms with E-state index >= 15 is 0 Å². The summed E-state index contributed by atoms with van der Waals surface area (Å²) in [5.74, 6) is -0.774. The third-order valence-electron chi connectivity index (χ3n) is 3.43. The largest absolute Gasteiger partial charge is 0.351 e. The van der Waals surface area contributed by atoms with E-state index in [0.717, 1.165) is 6.26 Å². The van der Waals surface area contributed by atoms with Crippen LogP contribution in [0.1, 0.15) is 22.3 Å². The molecule has 0 heterocycles. The Morgan fingerprint density at radius 2 is 1.74 bits per heavy atom. The summed E-state index contributed by atoms with van der Waals surface area (Å²) in [6, 6.07) is 14.7. The van der Waals surface area contributed by atoms with Gasteiger partial charge < -0.3 is 10.6 Å². The molecule has 0 aliphatic carbocycles. The van der Waals surface area contributed by atoms with Gasteiger partial charge in [0, 0.05) is 23.5 Å². The molecule has 0 aromatic heterocycles. The highest BCUT2D eigenvalue weighted by Gasteiger charge is 2.10. The van der Waals surface area contributed by atoms with Crippen LogP contribution >= 0.6 is 0 Å². The number of anilines is 2. The summed E-state index contributed by atoms with van der Waals surface area (Å²) in [4.78, 5) is 23.9. The number of carbonyl (C=O) groups is 2. The van der Waals surface area contributed by atoms with Crippen molar-refractivity contribution in [3.8, 4) is 6.07 Å². The number of carbonyl (C=O) groups excluding carboxylic acids is 2. The molecule has 0 fully saturated rings. The first kappa shape index (κ1) is 19.9. The van der Waals surface area contributed by atoms with Crippen molar-refractivity contribution in [2.45, 2.75) is 13.0 Å². The standard InChI is InChI=1S/C18H18N4O4S/c1-27(25,26)22-15-8-6-13(7-9-15)18(24)21-16-5-3-2-4-14(16)12-20-17(23)10-11-19/h2-9,22H,10,12H2,1H3,(H,20,23)(H,21,24). The molecule has 0 bridgehead atoms. The van der Waals surface area contributed by atoms with Crippen LogP contribution in [0, 0.1) is 11.3 Å². The van der Waals surface area contributed by atoms with E-state index in [9.17, 15) is 18.0 Å². The van der Waals surface area contributed by atoms with Crippen LogP contribution in [0.4, 0.5) is 11.4 Å². The van der Waals surface area contributed by atoms with E-state index in [4.69, 9.17) is 5.26 Å². The molecule has 0 saturated carbocycles. The lowest BCUT2D eigenvalue weighted by molar-refractivity contribution is -0.120. The zero-order chi connectivity index (χ0) is 19.9. The Morgan fingerprint density at radius 1 is 1.07 bits per heavy atom. The van der Waals surface area contributed by atoms with Gasteiger partial charge in [0.05, 0.1) is 12.3 Å². The molecule has 0 atom stereocenters. The summed E-state index contributed by atoms with van der Waals surface area (Å²) in [5.41, 5.74) is 1.91. The lowest BCUT2D eigenvalue weighted by atomic mass is 10.1. The van der Waals surface area contributed by atoms with Crippen molar-refractivity contribution in [3.05, 3.63) is 59.7 Å². The number of para-hydroxylation sites is 1. The average molecular weight is 386 g/mol. The van der Waals surface area contributed by atoms with Crippen LogP contribution in [0.2, 0.25) is 0 Å². The van der Waals surface area contributed by atoms with E-state index in [1.54, 1.807) is 30.3 Å². The van der Waals surface area contributed by atoms with E-state index in [1.807, 2.05) is 0 Å². The van der Waals surface area contributed by atoms with Crippen LogP contribution < -0.4 is 15.4 Å². The molecule has 0 aliphatic heterocycles. The van der Waals surface area contributed by atoms with Crippen molar-refractivity contribution >= 4 is 33.2 Å². The van der Waals surface area contributed by atoms with Gasteiger partial charge in [-0.2, -0.15) is 5.26 Å². The summed E-state index contributed by atoms with van der Waals surface area (Å²) >= 11 is 0. The first-order valence-electron chi connectivity index (χ1n) is 7.89. The summed E-state index contributed by atoms with van der Waals surface area (Å²) in [6.45, 7) is 0.175. The third-order valence-corrected chi connectivity index (χ3v) is 4.04. The summed E-state index contributed by atoms with van der Waals surface area (Å²) in [5, 5.41) is 13.9. The van der Waals surface area contributed by atoms with Crippen molar-refractivity contribution in [3.63, 3.8) is 0 Å². The molecule has 0 unspecified atom stereocenters.